The van der Waals surface area contributed by atoms with Gasteiger partial charge in [0.05, 0.1) is 12.6 Å². The third-order valence-electron chi connectivity index (χ3n) is 5.32. The van der Waals surface area contributed by atoms with Crippen molar-refractivity contribution >= 4 is 34.0 Å². The zero-order valence-corrected chi connectivity index (χ0v) is 17.8. The Morgan fingerprint density at radius 2 is 1.81 bits per heavy atom. The van der Waals surface area contributed by atoms with Gasteiger partial charge >= 0.3 is 0 Å². The van der Waals surface area contributed by atoms with E-state index >= 15 is 0 Å². The third-order valence-corrected chi connectivity index (χ3v) is 5.55. The van der Waals surface area contributed by atoms with Gasteiger partial charge in [-0.15, -0.1) is 5.10 Å². The average molecular weight is 430 g/mol. The minimum atomic E-state index is 0.0368. The quantitative estimate of drug-likeness (QED) is 0.383. The molecule has 7 heteroatoms. The molecule has 0 unspecified atom stereocenters. The molecular weight excluding hydrogens is 410 g/mol. The maximum absolute atomic E-state index is 6.20. The van der Waals surface area contributed by atoms with Crippen LogP contribution in [0.2, 0.25) is 5.02 Å². The Morgan fingerprint density at radius 3 is 2.58 bits per heavy atom. The van der Waals surface area contributed by atoms with E-state index < -0.39 is 0 Å². The highest BCUT2D eigenvalue weighted by Gasteiger charge is 2.17. The largest absolute Gasteiger partial charge is 0.497 e. The highest BCUT2D eigenvalue weighted by Crippen LogP contribution is 2.31. The fraction of sp³-hybridized carbons (Fsp3) is 0.125. The molecule has 2 heterocycles. The number of halogens is 1. The van der Waals surface area contributed by atoms with E-state index in [0.717, 1.165) is 33.6 Å². The number of methoxy groups -OCH3 is 1. The lowest BCUT2D eigenvalue weighted by Crippen LogP contribution is -2.09. The summed E-state index contributed by atoms with van der Waals surface area (Å²) >= 11 is 6.20. The number of fused-ring (bicyclic) bond motifs is 3. The van der Waals surface area contributed by atoms with Crippen LogP contribution in [0.15, 0.2) is 72.8 Å². The van der Waals surface area contributed by atoms with Gasteiger partial charge in [0.1, 0.15) is 17.3 Å². The van der Waals surface area contributed by atoms with Crippen molar-refractivity contribution in [2.45, 2.75) is 13.0 Å². The Labute approximate surface area is 184 Å². The number of benzene rings is 3. The molecule has 154 valence electrons. The molecule has 0 fully saturated rings. The van der Waals surface area contributed by atoms with Crippen LogP contribution in [0.4, 0.5) is 5.82 Å². The second-order valence-corrected chi connectivity index (χ2v) is 7.74. The van der Waals surface area contributed by atoms with Crippen molar-refractivity contribution in [2.24, 2.45) is 0 Å². The first-order valence-electron chi connectivity index (χ1n) is 9.94. The molecule has 1 atom stereocenters. The number of anilines is 1. The van der Waals surface area contributed by atoms with Gasteiger partial charge in [-0.25, -0.2) is 4.98 Å². The maximum Gasteiger partial charge on any atom is 0.186 e. The smallest absolute Gasteiger partial charge is 0.186 e. The van der Waals surface area contributed by atoms with Crippen molar-refractivity contribution in [3.63, 3.8) is 0 Å². The van der Waals surface area contributed by atoms with Crippen LogP contribution in [-0.2, 0) is 0 Å². The van der Waals surface area contributed by atoms with Crippen molar-refractivity contribution in [1.82, 2.24) is 19.8 Å². The second kappa shape index (κ2) is 7.89. The Bertz CT molecular complexity index is 1380. The SMILES string of the molecule is COc1ccc([C@H](C)Nc2nc3c(-c4cccc(Cl)c4)nnn3c3ccccc23)cc1. The molecule has 5 aromatic rings. The number of aromatic nitrogens is 4. The molecule has 0 amide bonds. The lowest BCUT2D eigenvalue weighted by molar-refractivity contribution is 0.414. The predicted octanol–water partition coefficient (Wildman–Crippen LogP) is 5.78. The number of hydrogen-bond acceptors (Lipinski definition) is 5. The molecule has 0 saturated heterocycles. The molecule has 2 aromatic heterocycles. The topological polar surface area (TPSA) is 64.3 Å². The summed E-state index contributed by atoms with van der Waals surface area (Å²) < 4.78 is 7.04. The summed E-state index contributed by atoms with van der Waals surface area (Å²) in [7, 11) is 1.67. The first-order valence-corrected chi connectivity index (χ1v) is 10.3. The molecular formula is C24H20ClN5O. The van der Waals surface area contributed by atoms with Crippen LogP contribution in [0, 0.1) is 0 Å². The van der Waals surface area contributed by atoms with E-state index in [1.54, 1.807) is 11.6 Å². The molecule has 0 aliphatic heterocycles. The molecule has 0 saturated carbocycles. The van der Waals surface area contributed by atoms with Crippen molar-refractivity contribution in [1.29, 1.82) is 0 Å². The van der Waals surface area contributed by atoms with Gasteiger partial charge in [0.25, 0.3) is 0 Å². The van der Waals surface area contributed by atoms with Crippen LogP contribution in [-0.4, -0.2) is 26.9 Å². The molecule has 6 nitrogen and oxygen atoms in total. The molecule has 0 radical (unpaired) electrons. The lowest BCUT2D eigenvalue weighted by Gasteiger charge is -2.17. The minimum absolute atomic E-state index is 0.0368. The van der Waals surface area contributed by atoms with Crippen LogP contribution in [0.5, 0.6) is 5.75 Å². The van der Waals surface area contributed by atoms with Crippen LogP contribution in [0.1, 0.15) is 18.5 Å². The minimum Gasteiger partial charge on any atom is -0.497 e. The number of rotatable bonds is 5. The predicted molar refractivity (Wildman–Crippen MR) is 124 cm³/mol. The molecule has 0 spiro atoms. The normalized spacial score (nSPS) is 12.2. The molecule has 3 aromatic carbocycles. The summed E-state index contributed by atoms with van der Waals surface area (Å²) in [6, 6.07) is 23.6. The lowest BCUT2D eigenvalue weighted by atomic mass is 10.1. The van der Waals surface area contributed by atoms with Crippen LogP contribution < -0.4 is 10.1 Å². The van der Waals surface area contributed by atoms with Crippen molar-refractivity contribution in [2.75, 3.05) is 12.4 Å². The summed E-state index contributed by atoms with van der Waals surface area (Å²) in [5.74, 6) is 1.61. The monoisotopic (exact) mass is 429 g/mol. The number of ether oxygens (including phenoxy) is 1. The Hall–Kier alpha value is -3.64. The van der Waals surface area contributed by atoms with Gasteiger partial charge in [0.15, 0.2) is 5.65 Å². The Morgan fingerprint density at radius 1 is 1.00 bits per heavy atom. The first kappa shape index (κ1) is 19.3. The third kappa shape index (κ3) is 3.55. The van der Waals surface area contributed by atoms with Crippen molar-refractivity contribution < 1.29 is 4.74 Å². The van der Waals surface area contributed by atoms with Gasteiger partial charge in [0.2, 0.25) is 0 Å². The zero-order chi connectivity index (χ0) is 21.4. The highest BCUT2D eigenvalue weighted by atomic mass is 35.5. The summed E-state index contributed by atoms with van der Waals surface area (Å²) in [5, 5.41) is 14.0. The number of nitrogens with zero attached hydrogens (tertiary/aromatic N) is 4. The summed E-state index contributed by atoms with van der Waals surface area (Å²) in [6.45, 7) is 2.11. The summed E-state index contributed by atoms with van der Waals surface area (Å²) in [6.07, 6.45) is 0. The van der Waals surface area contributed by atoms with E-state index in [1.807, 2.05) is 60.7 Å². The van der Waals surface area contributed by atoms with Gasteiger partial charge in [-0.2, -0.15) is 4.52 Å². The molecule has 0 aliphatic rings. The van der Waals surface area contributed by atoms with E-state index in [-0.39, 0.29) is 6.04 Å². The average Bonchev–Trinajstić information content (AvgIpc) is 3.23. The molecule has 5 rings (SSSR count). The van der Waals surface area contributed by atoms with E-state index in [1.165, 1.54) is 0 Å². The summed E-state index contributed by atoms with van der Waals surface area (Å²) in [5.41, 5.74) is 4.30. The second-order valence-electron chi connectivity index (χ2n) is 7.30. The molecule has 0 bridgehead atoms. The van der Waals surface area contributed by atoms with E-state index in [2.05, 4.69) is 34.7 Å². The van der Waals surface area contributed by atoms with E-state index in [9.17, 15) is 0 Å². The van der Waals surface area contributed by atoms with Crippen LogP contribution >= 0.6 is 11.6 Å². The molecule has 0 aliphatic carbocycles. The first-order chi connectivity index (χ1) is 15.1. The van der Waals surface area contributed by atoms with Crippen LogP contribution in [0.3, 0.4) is 0 Å². The fourth-order valence-corrected chi connectivity index (χ4v) is 3.87. The molecule has 1 N–H and O–H groups in total. The van der Waals surface area contributed by atoms with Crippen molar-refractivity contribution in [3.8, 4) is 17.0 Å². The van der Waals surface area contributed by atoms with Gasteiger partial charge < -0.3 is 10.1 Å². The highest BCUT2D eigenvalue weighted by molar-refractivity contribution is 6.30. The zero-order valence-electron chi connectivity index (χ0n) is 17.1. The van der Waals surface area contributed by atoms with E-state index in [4.69, 9.17) is 21.3 Å². The Balaban J connectivity index is 1.63. The van der Waals surface area contributed by atoms with Crippen molar-refractivity contribution in [3.05, 3.63) is 83.4 Å². The maximum atomic E-state index is 6.20. The van der Waals surface area contributed by atoms with Gasteiger partial charge in [-0.05, 0) is 48.9 Å². The van der Waals surface area contributed by atoms with E-state index in [0.29, 0.717) is 16.4 Å². The number of nitrogens with one attached hydrogen (secondary N) is 1. The Kier molecular flexibility index (Phi) is 4.92. The van der Waals surface area contributed by atoms with Crippen LogP contribution in [0.25, 0.3) is 27.8 Å². The number of para-hydroxylation sites is 1. The fourth-order valence-electron chi connectivity index (χ4n) is 3.68. The number of hydrogen-bond donors (Lipinski definition) is 1. The van der Waals surface area contributed by atoms with Gasteiger partial charge in [-0.3, -0.25) is 0 Å². The van der Waals surface area contributed by atoms with Gasteiger partial charge in [-0.1, -0.05) is 53.2 Å². The molecule has 31 heavy (non-hydrogen) atoms. The summed E-state index contributed by atoms with van der Waals surface area (Å²) in [4.78, 5) is 4.93. The van der Waals surface area contributed by atoms with Gasteiger partial charge in [0, 0.05) is 22.0 Å². The standard InChI is InChI=1S/C24H20ClN5O/c1-15(16-10-12-19(31-2)13-11-16)26-23-20-8-3-4-9-21(20)30-24(27-23)22(28-29-30)17-6-5-7-18(25)14-17/h3-15H,1-2H3,(H,26,27)/t15-/m0/s1.